The van der Waals surface area contributed by atoms with Gasteiger partial charge in [0.15, 0.2) is 5.75 Å². The number of nitrogens with zero attached hydrogens (tertiary/aromatic N) is 3. The number of hydrogen-bond donors (Lipinski definition) is 3. The lowest BCUT2D eigenvalue weighted by Crippen LogP contribution is -2.36. The Hall–Kier alpha value is -3.62. The number of nitriles is 1. The van der Waals surface area contributed by atoms with Crippen LogP contribution in [0.1, 0.15) is 32.3 Å². The SMILES string of the molecule is CCOC(=O)NC(=O)/C(C#N)=N/Nc1cc(Cl)c(Oc2cc(C(C)C)c(=O)[nH]n2)c(Cl)c1. The van der Waals surface area contributed by atoms with Gasteiger partial charge < -0.3 is 9.47 Å². The van der Waals surface area contributed by atoms with E-state index in [0.717, 1.165) is 0 Å². The largest absolute Gasteiger partial charge is 0.450 e. The predicted octanol–water partition coefficient (Wildman–Crippen LogP) is 3.56. The molecule has 2 aromatic rings. The van der Waals surface area contributed by atoms with Gasteiger partial charge in [0.25, 0.3) is 11.5 Å². The van der Waals surface area contributed by atoms with E-state index in [2.05, 4.69) is 25.5 Å². The lowest BCUT2D eigenvalue weighted by molar-refractivity contribution is -0.114. The van der Waals surface area contributed by atoms with Crippen LogP contribution in [0.2, 0.25) is 10.0 Å². The highest BCUT2D eigenvalue weighted by Crippen LogP contribution is 2.38. The van der Waals surface area contributed by atoms with Crippen LogP contribution in [0.3, 0.4) is 0 Å². The number of rotatable bonds is 7. The standard InChI is InChI=1S/C19H18Cl2N6O5/c1-4-31-19(30)23-18(29)14(8-22)25-24-10-5-12(20)16(13(21)6-10)32-15-7-11(9(2)3)17(28)27-26-15/h5-7,9,24H,4H2,1-3H3,(H,27,28)(H,23,29,30)/b25-14+. The molecule has 0 spiro atoms. The van der Waals surface area contributed by atoms with Crippen molar-refractivity contribution in [3.8, 4) is 17.7 Å². The molecule has 1 aromatic heterocycles. The van der Waals surface area contributed by atoms with Gasteiger partial charge in [0.1, 0.15) is 6.07 Å². The summed E-state index contributed by atoms with van der Waals surface area (Å²) in [5, 5.41) is 20.8. The summed E-state index contributed by atoms with van der Waals surface area (Å²) >= 11 is 12.5. The van der Waals surface area contributed by atoms with Crippen LogP contribution in [0.5, 0.6) is 11.6 Å². The molecule has 168 valence electrons. The molecule has 3 N–H and O–H groups in total. The van der Waals surface area contributed by atoms with Crippen molar-refractivity contribution in [1.29, 1.82) is 5.26 Å². The van der Waals surface area contributed by atoms with Crippen molar-refractivity contribution in [2.24, 2.45) is 5.10 Å². The van der Waals surface area contributed by atoms with Crippen LogP contribution in [0.4, 0.5) is 10.5 Å². The fourth-order valence-corrected chi connectivity index (χ4v) is 2.84. The number of imide groups is 1. The first kappa shape index (κ1) is 24.6. The third-order valence-corrected chi connectivity index (χ3v) is 4.31. The van der Waals surface area contributed by atoms with Crippen LogP contribution in [-0.2, 0) is 9.53 Å². The van der Waals surface area contributed by atoms with E-state index in [9.17, 15) is 14.4 Å². The average Bonchev–Trinajstić information content (AvgIpc) is 2.72. The van der Waals surface area contributed by atoms with Gasteiger partial charge in [0, 0.05) is 11.6 Å². The number of benzene rings is 1. The normalized spacial score (nSPS) is 11.0. The van der Waals surface area contributed by atoms with Crippen LogP contribution in [0.15, 0.2) is 28.1 Å². The molecule has 0 saturated heterocycles. The number of alkyl carbamates (subject to hydrolysis) is 1. The number of carbonyl (C=O) groups is 2. The van der Waals surface area contributed by atoms with E-state index >= 15 is 0 Å². The van der Waals surface area contributed by atoms with E-state index in [4.69, 9.17) is 33.2 Å². The molecule has 13 heteroatoms. The maximum atomic E-state index is 11.9. The van der Waals surface area contributed by atoms with Crippen molar-refractivity contribution in [3.05, 3.63) is 44.2 Å². The van der Waals surface area contributed by atoms with Crippen LogP contribution < -0.4 is 21.0 Å². The Bertz CT molecular complexity index is 1130. The number of aromatic amines is 1. The van der Waals surface area contributed by atoms with Crippen molar-refractivity contribution in [1.82, 2.24) is 15.5 Å². The highest BCUT2D eigenvalue weighted by atomic mass is 35.5. The minimum Gasteiger partial charge on any atom is -0.450 e. The fourth-order valence-electron chi connectivity index (χ4n) is 2.27. The molecule has 0 atom stereocenters. The van der Waals surface area contributed by atoms with Crippen molar-refractivity contribution in [2.45, 2.75) is 26.7 Å². The minimum absolute atomic E-state index is 0.0508. The molecule has 11 nitrogen and oxygen atoms in total. The number of H-pyrrole nitrogens is 1. The van der Waals surface area contributed by atoms with E-state index in [1.165, 1.54) is 18.2 Å². The van der Waals surface area contributed by atoms with Crippen LogP contribution in [-0.4, -0.2) is 34.5 Å². The number of nitrogens with one attached hydrogen (secondary N) is 3. The highest BCUT2D eigenvalue weighted by Gasteiger charge is 2.17. The van der Waals surface area contributed by atoms with Crippen LogP contribution in [0.25, 0.3) is 0 Å². The first-order valence-corrected chi connectivity index (χ1v) is 9.90. The van der Waals surface area contributed by atoms with Crippen molar-refractivity contribution in [2.75, 3.05) is 12.0 Å². The van der Waals surface area contributed by atoms with Gasteiger partial charge in [0.05, 0.1) is 22.3 Å². The number of aromatic nitrogens is 2. The summed E-state index contributed by atoms with van der Waals surface area (Å²) in [6, 6.07) is 5.78. The van der Waals surface area contributed by atoms with Gasteiger partial charge in [-0.1, -0.05) is 37.0 Å². The molecule has 0 radical (unpaired) electrons. The third-order valence-electron chi connectivity index (χ3n) is 3.74. The van der Waals surface area contributed by atoms with Gasteiger partial charge in [0.2, 0.25) is 11.6 Å². The molecule has 2 rings (SSSR count). The van der Waals surface area contributed by atoms with Gasteiger partial charge in [-0.25, -0.2) is 9.89 Å². The monoisotopic (exact) mass is 480 g/mol. The van der Waals surface area contributed by atoms with E-state index < -0.39 is 17.7 Å². The predicted molar refractivity (Wildman–Crippen MR) is 117 cm³/mol. The summed E-state index contributed by atoms with van der Waals surface area (Å²) in [7, 11) is 0. The van der Waals surface area contributed by atoms with Gasteiger partial charge in [-0.05, 0) is 25.0 Å². The number of anilines is 1. The maximum Gasteiger partial charge on any atom is 0.414 e. The zero-order chi connectivity index (χ0) is 23.8. The number of hydrogen-bond acceptors (Lipinski definition) is 9. The summed E-state index contributed by atoms with van der Waals surface area (Å²) in [5.74, 6) is -0.966. The lowest BCUT2D eigenvalue weighted by atomic mass is 10.1. The molecule has 0 aliphatic heterocycles. The second-order valence-electron chi connectivity index (χ2n) is 6.38. The molecule has 0 saturated carbocycles. The zero-order valence-corrected chi connectivity index (χ0v) is 18.7. The Labute approximate surface area is 192 Å². The average molecular weight is 481 g/mol. The summed E-state index contributed by atoms with van der Waals surface area (Å²) in [6.07, 6.45) is -1.01. The second-order valence-corrected chi connectivity index (χ2v) is 7.19. The smallest absolute Gasteiger partial charge is 0.414 e. The molecule has 2 amide bonds. The van der Waals surface area contributed by atoms with Crippen LogP contribution >= 0.6 is 23.2 Å². The highest BCUT2D eigenvalue weighted by molar-refractivity contribution is 6.47. The van der Waals surface area contributed by atoms with E-state index in [0.29, 0.717) is 5.56 Å². The molecule has 0 aliphatic rings. The minimum atomic E-state index is -1.05. The quantitative estimate of drug-likeness (QED) is 0.400. The summed E-state index contributed by atoms with van der Waals surface area (Å²) in [6.45, 7) is 5.30. The molecule has 0 fully saturated rings. The summed E-state index contributed by atoms with van der Waals surface area (Å²) < 4.78 is 10.2. The second kappa shape index (κ2) is 11.1. The van der Waals surface area contributed by atoms with E-state index in [1.54, 1.807) is 13.0 Å². The molecular weight excluding hydrogens is 463 g/mol. The Morgan fingerprint density at radius 3 is 2.50 bits per heavy atom. The Morgan fingerprint density at radius 2 is 1.94 bits per heavy atom. The zero-order valence-electron chi connectivity index (χ0n) is 17.2. The van der Waals surface area contributed by atoms with Crippen molar-refractivity contribution in [3.63, 3.8) is 0 Å². The molecule has 0 bridgehead atoms. The Balaban J connectivity index is 2.20. The number of carbonyl (C=O) groups excluding carboxylic acids is 2. The molecule has 0 unspecified atom stereocenters. The van der Waals surface area contributed by atoms with E-state index in [1.807, 2.05) is 19.2 Å². The molecular formula is C19H18Cl2N6O5. The fraction of sp³-hybridized carbons (Fsp3) is 0.263. The molecule has 1 aromatic carbocycles. The van der Waals surface area contributed by atoms with Gasteiger partial charge >= 0.3 is 6.09 Å². The molecule has 1 heterocycles. The topological polar surface area (TPSA) is 159 Å². The number of ether oxygens (including phenoxy) is 2. The maximum absolute atomic E-state index is 11.9. The first-order valence-electron chi connectivity index (χ1n) is 9.14. The Morgan fingerprint density at radius 1 is 1.28 bits per heavy atom. The summed E-state index contributed by atoms with van der Waals surface area (Å²) in [4.78, 5) is 35.0. The van der Waals surface area contributed by atoms with Gasteiger partial charge in [-0.2, -0.15) is 10.4 Å². The van der Waals surface area contributed by atoms with Crippen molar-refractivity contribution >= 4 is 46.6 Å². The Kier molecular flexibility index (Phi) is 8.57. The van der Waals surface area contributed by atoms with Crippen LogP contribution in [0, 0.1) is 11.3 Å². The number of amides is 2. The van der Waals surface area contributed by atoms with Gasteiger partial charge in [-0.3, -0.25) is 20.3 Å². The number of halogens is 2. The molecule has 0 aliphatic carbocycles. The number of hydrazone groups is 1. The first-order chi connectivity index (χ1) is 15.2. The van der Waals surface area contributed by atoms with Gasteiger partial charge in [-0.15, -0.1) is 5.10 Å². The lowest BCUT2D eigenvalue weighted by Gasteiger charge is -2.12. The van der Waals surface area contributed by atoms with Crippen molar-refractivity contribution < 1.29 is 19.1 Å². The van der Waals surface area contributed by atoms with E-state index in [-0.39, 0.29) is 45.4 Å². The third kappa shape index (κ3) is 6.44. The molecule has 32 heavy (non-hydrogen) atoms. The summed E-state index contributed by atoms with van der Waals surface area (Å²) in [5.41, 5.74) is 2.18.